The number of hydrogen-bond acceptors (Lipinski definition) is 2. The minimum atomic E-state index is -0.793. The van der Waals surface area contributed by atoms with Crippen LogP contribution in [0.5, 0.6) is 0 Å². The molecule has 2 aromatic carbocycles. The second-order valence-corrected chi connectivity index (χ2v) is 9.59. The van der Waals surface area contributed by atoms with E-state index in [1.807, 2.05) is 45.2 Å². The molecule has 31 heavy (non-hydrogen) atoms. The summed E-state index contributed by atoms with van der Waals surface area (Å²) in [6, 6.07) is 14.0. The van der Waals surface area contributed by atoms with Crippen LogP contribution in [0.4, 0.5) is 0 Å². The molecule has 4 nitrogen and oxygen atoms in total. The zero-order valence-electron chi connectivity index (χ0n) is 18.0. The van der Waals surface area contributed by atoms with Gasteiger partial charge in [0.05, 0.1) is 28.0 Å². The number of carboxylic acids is 1. The zero-order chi connectivity index (χ0) is 22.3. The van der Waals surface area contributed by atoms with Crippen molar-refractivity contribution < 1.29 is 14.6 Å². The Hall–Kier alpha value is -2.01. The molecule has 0 amide bonds. The van der Waals surface area contributed by atoms with E-state index in [1.54, 1.807) is 0 Å². The lowest BCUT2D eigenvalue weighted by Crippen LogP contribution is -2.39. The third-order valence-electron chi connectivity index (χ3n) is 6.60. The van der Waals surface area contributed by atoms with Gasteiger partial charge in [-0.3, -0.25) is 4.79 Å². The van der Waals surface area contributed by atoms with Crippen LogP contribution < -0.4 is 0 Å². The van der Waals surface area contributed by atoms with Crippen molar-refractivity contribution >= 4 is 40.1 Å². The van der Waals surface area contributed by atoms with Crippen molar-refractivity contribution in [2.75, 3.05) is 13.2 Å². The fraction of sp³-hybridized carbons (Fsp3) is 0.400. The molecule has 0 spiro atoms. The highest BCUT2D eigenvalue weighted by atomic mass is 35.5. The van der Waals surface area contributed by atoms with E-state index in [-0.39, 0.29) is 11.3 Å². The lowest BCUT2D eigenvalue weighted by atomic mass is 9.73. The Balaban J connectivity index is 1.85. The number of aryl methyl sites for hydroxylation is 1. The van der Waals surface area contributed by atoms with Crippen molar-refractivity contribution in [3.05, 3.63) is 69.3 Å². The van der Waals surface area contributed by atoms with Crippen molar-refractivity contribution in [1.82, 2.24) is 4.57 Å². The largest absolute Gasteiger partial charge is 0.481 e. The van der Waals surface area contributed by atoms with Gasteiger partial charge in [0.1, 0.15) is 0 Å². The molecule has 164 valence electrons. The molecule has 4 rings (SSSR count). The molecule has 0 radical (unpaired) electrons. The minimum absolute atomic E-state index is 0.0142. The van der Waals surface area contributed by atoms with Gasteiger partial charge in [-0.15, -0.1) is 0 Å². The van der Waals surface area contributed by atoms with E-state index >= 15 is 0 Å². The van der Waals surface area contributed by atoms with Crippen LogP contribution >= 0.6 is 23.2 Å². The summed E-state index contributed by atoms with van der Waals surface area (Å²) in [5, 5.41) is 11.7. The molecule has 6 heteroatoms. The fourth-order valence-electron chi connectivity index (χ4n) is 5.00. The standard InChI is InChI=1S/C25H27Cl2NO3/c1-15(2)22(24(29)30)16-5-7-17(8-6-16)25(11-4-12-31-14-25)21-13-18-20(28(21)3)10-9-19(26)23(18)27/h5-10,13,15,22H,4,11-12,14H2,1-3H3,(H,29,30). The van der Waals surface area contributed by atoms with Crippen LogP contribution in [0.15, 0.2) is 42.5 Å². The average molecular weight is 460 g/mol. The van der Waals surface area contributed by atoms with Gasteiger partial charge in [0.25, 0.3) is 0 Å². The van der Waals surface area contributed by atoms with Gasteiger partial charge >= 0.3 is 5.97 Å². The first-order chi connectivity index (χ1) is 14.8. The van der Waals surface area contributed by atoms with Crippen molar-refractivity contribution in [1.29, 1.82) is 0 Å². The third kappa shape index (κ3) is 3.75. The molecule has 1 N–H and O–H groups in total. The second-order valence-electron chi connectivity index (χ2n) is 8.80. The van der Waals surface area contributed by atoms with Crippen LogP contribution in [0.2, 0.25) is 10.0 Å². The molecule has 2 heterocycles. The Labute approximate surface area is 192 Å². The van der Waals surface area contributed by atoms with Crippen LogP contribution in [-0.2, 0) is 22.0 Å². The maximum Gasteiger partial charge on any atom is 0.311 e. The van der Waals surface area contributed by atoms with Crippen LogP contribution in [0.25, 0.3) is 10.9 Å². The quantitative estimate of drug-likeness (QED) is 0.479. The Morgan fingerprint density at radius 2 is 1.87 bits per heavy atom. The molecular weight excluding hydrogens is 433 g/mol. The molecule has 1 fully saturated rings. The van der Waals surface area contributed by atoms with E-state index < -0.39 is 11.9 Å². The molecule has 2 unspecified atom stereocenters. The number of benzene rings is 2. The minimum Gasteiger partial charge on any atom is -0.481 e. The van der Waals surface area contributed by atoms with Crippen molar-refractivity contribution in [2.24, 2.45) is 13.0 Å². The summed E-state index contributed by atoms with van der Waals surface area (Å²) in [5.41, 5.74) is 3.76. The predicted octanol–water partition coefficient (Wildman–Crippen LogP) is 6.41. The highest BCUT2D eigenvalue weighted by molar-refractivity contribution is 6.45. The van der Waals surface area contributed by atoms with Crippen molar-refractivity contribution in [2.45, 2.75) is 38.0 Å². The Kier molecular flexibility index (Phi) is 6.08. The monoisotopic (exact) mass is 459 g/mol. The maximum absolute atomic E-state index is 11.8. The van der Waals surface area contributed by atoms with E-state index in [4.69, 9.17) is 27.9 Å². The first kappa shape index (κ1) is 22.2. The van der Waals surface area contributed by atoms with Crippen LogP contribution in [-0.4, -0.2) is 28.9 Å². The molecule has 3 aromatic rings. The van der Waals surface area contributed by atoms with Gasteiger partial charge in [0.15, 0.2) is 0 Å². The predicted molar refractivity (Wildman–Crippen MR) is 125 cm³/mol. The molecular formula is C25H27Cl2NO3. The lowest BCUT2D eigenvalue weighted by molar-refractivity contribution is -0.139. The Morgan fingerprint density at radius 3 is 2.45 bits per heavy atom. The number of hydrogen-bond donors (Lipinski definition) is 1. The Morgan fingerprint density at radius 1 is 1.16 bits per heavy atom. The third-order valence-corrected chi connectivity index (χ3v) is 7.42. The molecule has 1 saturated heterocycles. The summed E-state index contributed by atoms with van der Waals surface area (Å²) in [6.45, 7) is 5.18. The number of fused-ring (bicyclic) bond motifs is 1. The first-order valence-corrected chi connectivity index (χ1v) is 11.4. The highest BCUT2D eigenvalue weighted by Gasteiger charge is 2.39. The summed E-state index contributed by atoms with van der Waals surface area (Å²) >= 11 is 12.8. The molecule has 0 aliphatic carbocycles. The van der Waals surface area contributed by atoms with Gasteiger partial charge in [-0.2, -0.15) is 0 Å². The molecule has 0 saturated carbocycles. The number of ether oxygens (including phenoxy) is 1. The fourth-order valence-corrected chi connectivity index (χ4v) is 5.38. The van der Waals surface area contributed by atoms with Gasteiger partial charge in [0, 0.05) is 30.3 Å². The van der Waals surface area contributed by atoms with Gasteiger partial charge in [-0.1, -0.05) is 61.3 Å². The smallest absolute Gasteiger partial charge is 0.311 e. The van der Waals surface area contributed by atoms with Crippen LogP contribution in [0.1, 0.15) is 49.4 Å². The van der Waals surface area contributed by atoms with E-state index in [9.17, 15) is 9.90 Å². The number of carboxylic acid groups (broad SMARTS) is 1. The van der Waals surface area contributed by atoms with Crippen molar-refractivity contribution in [3.63, 3.8) is 0 Å². The average Bonchev–Trinajstić information content (AvgIpc) is 3.09. The number of nitrogens with zero attached hydrogens (tertiary/aromatic N) is 1. The molecule has 0 bridgehead atoms. The van der Waals surface area contributed by atoms with E-state index in [0.717, 1.165) is 47.2 Å². The SMILES string of the molecule is CC(C)C(C(=O)O)c1ccc(C2(c3cc4c(Cl)c(Cl)ccc4n3C)CCCOC2)cc1. The van der Waals surface area contributed by atoms with E-state index in [2.05, 4.69) is 22.8 Å². The van der Waals surface area contributed by atoms with E-state index in [1.165, 1.54) is 0 Å². The summed E-state index contributed by atoms with van der Waals surface area (Å²) in [6.07, 6.45) is 1.88. The molecule has 1 aliphatic rings. The van der Waals surface area contributed by atoms with Crippen LogP contribution in [0, 0.1) is 5.92 Å². The van der Waals surface area contributed by atoms with Crippen LogP contribution in [0.3, 0.4) is 0 Å². The summed E-state index contributed by atoms with van der Waals surface area (Å²) in [7, 11) is 2.05. The van der Waals surface area contributed by atoms with Gasteiger partial charge in [-0.25, -0.2) is 0 Å². The number of halogens is 2. The number of carbonyl (C=O) groups is 1. The van der Waals surface area contributed by atoms with Crippen molar-refractivity contribution in [3.8, 4) is 0 Å². The summed E-state index contributed by atoms with van der Waals surface area (Å²) in [4.78, 5) is 11.8. The zero-order valence-corrected chi connectivity index (χ0v) is 19.5. The number of aromatic nitrogens is 1. The maximum atomic E-state index is 11.8. The highest BCUT2D eigenvalue weighted by Crippen LogP contribution is 2.44. The lowest BCUT2D eigenvalue weighted by Gasteiger charge is -2.38. The summed E-state index contributed by atoms with van der Waals surface area (Å²) in [5.74, 6) is -1.30. The molecule has 1 aliphatic heterocycles. The first-order valence-electron chi connectivity index (χ1n) is 10.6. The second kappa shape index (κ2) is 8.50. The van der Waals surface area contributed by atoms with E-state index in [0.29, 0.717) is 16.7 Å². The topological polar surface area (TPSA) is 51.5 Å². The number of rotatable bonds is 5. The summed E-state index contributed by atoms with van der Waals surface area (Å²) < 4.78 is 8.16. The molecule has 1 aromatic heterocycles. The molecule has 2 atom stereocenters. The van der Waals surface area contributed by atoms with Gasteiger partial charge in [0.2, 0.25) is 0 Å². The normalized spacial score (nSPS) is 20.3. The number of aliphatic carboxylic acids is 1. The van der Waals surface area contributed by atoms with Gasteiger partial charge in [-0.05, 0) is 48.1 Å². The van der Waals surface area contributed by atoms with Gasteiger partial charge < -0.3 is 14.4 Å². The Bertz CT molecular complexity index is 1110.